The van der Waals surface area contributed by atoms with Crippen LogP contribution in [-0.4, -0.2) is 59.9 Å². The van der Waals surface area contributed by atoms with Gasteiger partial charge in [0.1, 0.15) is 18.4 Å². The maximum Gasteiger partial charge on any atom is 0.408 e. The van der Waals surface area contributed by atoms with E-state index >= 15 is 0 Å². The maximum absolute atomic E-state index is 13.5. The summed E-state index contributed by atoms with van der Waals surface area (Å²) in [5, 5.41) is 17.7. The van der Waals surface area contributed by atoms with Crippen molar-refractivity contribution in [3.05, 3.63) is 108 Å². The Balaban J connectivity index is 1.68. The van der Waals surface area contributed by atoms with Crippen LogP contribution in [0.15, 0.2) is 96.0 Å². The highest BCUT2D eigenvalue weighted by Gasteiger charge is 2.27. The van der Waals surface area contributed by atoms with Crippen LogP contribution in [0.25, 0.3) is 6.08 Å². The summed E-state index contributed by atoms with van der Waals surface area (Å²) in [5.74, 6) is -1.75. The highest BCUT2D eigenvalue weighted by atomic mass is 16.5. The molecule has 3 amide bonds. The SMILES string of the molecule is NC(N)=NCCC[C@H](NC(=O)[C@H](Cc1ccccc1)NC(=O)OCc1ccccc1)C(=O)CNC(=O)/C=C\c1ccccc1O. The lowest BCUT2D eigenvalue weighted by Crippen LogP contribution is -2.53. The lowest BCUT2D eigenvalue weighted by molar-refractivity contribution is -0.129. The minimum absolute atomic E-state index is 0.00351. The van der Waals surface area contributed by atoms with Crippen molar-refractivity contribution in [1.82, 2.24) is 16.0 Å². The van der Waals surface area contributed by atoms with Crippen molar-refractivity contribution in [2.75, 3.05) is 13.1 Å². The van der Waals surface area contributed by atoms with E-state index in [-0.39, 0.29) is 44.2 Å². The molecule has 0 spiro atoms. The zero-order valence-electron chi connectivity index (χ0n) is 24.7. The molecular weight excluding hydrogens is 576 g/mol. The van der Waals surface area contributed by atoms with E-state index < -0.39 is 35.8 Å². The fourth-order valence-corrected chi connectivity index (χ4v) is 4.21. The van der Waals surface area contributed by atoms with E-state index in [4.69, 9.17) is 16.2 Å². The smallest absolute Gasteiger partial charge is 0.408 e. The number of carbonyl (C=O) groups is 4. The molecule has 3 rings (SSSR count). The number of guanidine groups is 1. The van der Waals surface area contributed by atoms with E-state index in [1.54, 1.807) is 30.3 Å². The van der Waals surface area contributed by atoms with Gasteiger partial charge in [-0.3, -0.25) is 19.4 Å². The number of benzene rings is 3. The van der Waals surface area contributed by atoms with Gasteiger partial charge in [0.25, 0.3) is 0 Å². The van der Waals surface area contributed by atoms with E-state index in [2.05, 4.69) is 20.9 Å². The van der Waals surface area contributed by atoms with Crippen LogP contribution in [0, 0.1) is 0 Å². The zero-order valence-corrected chi connectivity index (χ0v) is 24.7. The van der Waals surface area contributed by atoms with E-state index in [9.17, 15) is 24.3 Å². The van der Waals surface area contributed by atoms with Gasteiger partial charge in [-0.05, 0) is 36.1 Å². The van der Waals surface area contributed by atoms with Crippen molar-refractivity contribution in [2.24, 2.45) is 16.5 Å². The van der Waals surface area contributed by atoms with Crippen LogP contribution in [0.3, 0.4) is 0 Å². The number of aromatic hydroxyl groups is 1. The Kier molecular flexibility index (Phi) is 13.6. The number of nitrogens with zero attached hydrogens (tertiary/aromatic N) is 1. The van der Waals surface area contributed by atoms with Crippen LogP contribution in [0.2, 0.25) is 0 Å². The van der Waals surface area contributed by atoms with Gasteiger partial charge >= 0.3 is 6.09 Å². The normalized spacial score (nSPS) is 12.0. The Hall–Kier alpha value is -5.65. The first-order chi connectivity index (χ1) is 21.7. The summed E-state index contributed by atoms with van der Waals surface area (Å²) in [6.45, 7) is -0.154. The second-order valence-corrected chi connectivity index (χ2v) is 10.0. The number of carbonyl (C=O) groups excluding carboxylic acids is 4. The quantitative estimate of drug-likeness (QED) is 0.0610. The molecule has 0 aliphatic rings. The van der Waals surface area contributed by atoms with Gasteiger partial charge in [0.05, 0.1) is 12.6 Å². The predicted octanol–water partition coefficient (Wildman–Crippen LogP) is 2.17. The van der Waals surface area contributed by atoms with E-state index in [0.717, 1.165) is 11.1 Å². The fraction of sp³-hybridized carbons (Fsp3) is 0.242. The molecule has 12 heteroatoms. The van der Waals surface area contributed by atoms with Crippen molar-refractivity contribution in [3.8, 4) is 5.75 Å². The second kappa shape index (κ2) is 18.1. The zero-order chi connectivity index (χ0) is 32.4. The first-order valence-electron chi connectivity index (χ1n) is 14.3. The molecule has 0 saturated heterocycles. The van der Waals surface area contributed by atoms with E-state index in [1.165, 1.54) is 18.2 Å². The predicted molar refractivity (Wildman–Crippen MR) is 171 cm³/mol. The summed E-state index contributed by atoms with van der Waals surface area (Å²) >= 11 is 0. The average molecular weight is 615 g/mol. The Labute approximate surface area is 261 Å². The number of para-hydroxylation sites is 1. The molecule has 45 heavy (non-hydrogen) atoms. The van der Waals surface area contributed by atoms with Crippen molar-refractivity contribution >= 4 is 35.7 Å². The minimum atomic E-state index is -1.07. The first-order valence-corrected chi connectivity index (χ1v) is 14.3. The van der Waals surface area contributed by atoms with Crippen LogP contribution < -0.4 is 27.4 Å². The summed E-state index contributed by atoms with van der Waals surface area (Å²) in [5.41, 5.74) is 12.8. The summed E-state index contributed by atoms with van der Waals surface area (Å²) in [6.07, 6.45) is 2.47. The summed E-state index contributed by atoms with van der Waals surface area (Å²) in [6, 6.07) is 22.6. The fourth-order valence-electron chi connectivity index (χ4n) is 4.21. The number of hydrogen-bond acceptors (Lipinski definition) is 7. The van der Waals surface area contributed by atoms with Crippen LogP contribution in [0.5, 0.6) is 5.75 Å². The third kappa shape index (κ3) is 12.6. The number of amides is 3. The van der Waals surface area contributed by atoms with Crippen LogP contribution >= 0.6 is 0 Å². The molecule has 0 aromatic heterocycles. The van der Waals surface area contributed by atoms with Gasteiger partial charge in [-0.1, -0.05) is 78.9 Å². The number of alkyl carbamates (subject to hydrolysis) is 1. The number of hydrogen-bond donors (Lipinski definition) is 6. The molecule has 3 aromatic carbocycles. The molecule has 0 unspecified atom stereocenters. The monoisotopic (exact) mass is 614 g/mol. The topological polar surface area (TPSA) is 198 Å². The standard InChI is InChI=1S/C33H38N6O6/c34-32(35)36-19-9-15-26(29(41)21-37-30(42)18-17-25-14-7-8-16-28(25)40)38-31(43)27(20-23-10-3-1-4-11-23)39-33(44)45-22-24-12-5-2-6-13-24/h1-8,10-14,16-18,26-27,40H,9,15,19-22H2,(H,37,42)(H,38,43)(H,39,44)(H4,34,35,36)/b18-17-/t26-,27-/m0/s1. The molecule has 0 fully saturated rings. The third-order valence-corrected chi connectivity index (χ3v) is 6.54. The molecule has 3 aromatic rings. The first kappa shape index (κ1) is 33.8. The van der Waals surface area contributed by atoms with Crippen molar-refractivity contribution in [3.63, 3.8) is 0 Å². The van der Waals surface area contributed by atoms with Gasteiger partial charge in [-0.15, -0.1) is 0 Å². The molecule has 0 aliphatic carbocycles. The second-order valence-electron chi connectivity index (χ2n) is 10.0. The minimum Gasteiger partial charge on any atom is -0.507 e. The number of rotatable bonds is 16. The number of ether oxygens (including phenoxy) is 1. The van der Waals surface area contributed by atoms with Gasteiger partial charge < -0.3 is 37.3 Å². The van der Waals surface area contributed by atoms with Crippen molar-refractivity contribution in [1.29, 1.82) is 0 Å². The van der Waals surface area contributed by atoms with Gasteiger partial charge in [0.2, 0.25) is 11.8 Å². The van der Waals surface area contributed by atoms with Crippen LogP contribution in [-0.2, 0) is 32.1 Å². The highest BCUT2D eigenvalue weighted by Crippen LogP contribution is 2.16. The average Bonchev–Trinajstić information content (AvgIpc) is 3.04. The third-order valence-electron chi connectivity index (χ3n) is 6.54. The number of Topliss-reactive ketones (excluding diaryl/α,β-unsaturated/α-hetero) is 1. The number of ketones is 1. The Morgan fingerprint density at radius 3 is 2.16 bits per heavy atom. The Bertz CT molecular complexity index is 1480. The Morgan fingerprint density at radius 2 is 1.49 bits per heavy atom. The van der Waals surface area contributed by atoms with Crippen molar-refractivity contribution < 1.29 is 29.0 Å². The number of aliphatic imine (C=N–C) groups is 1. The number of phenolic OH excluding ortho intramolecular Hbond substituents is 1. The van der Waals surface area contributed by atoms with Crippen molar-refractivity contribution in [2.45, 2.75) is 38.0 Å². The molecule has 0 radical (unpaired) electrons. The summed E-state index contributed by atoms with van der Waals surface area (Å²) in [4.78, 5) is 55.7. The lowest BCUT2D eigenvalue weighted by atomic mass is 10.0. The van der Waals surface area contributed by atoms with E-state index in [1.807, 2.05) is 48.5 Å². The van der Waals surface area contributed by atoms with Gasteiger partial charge in [0.15, 0.2) is 11.7 Å². The molecular formula is C33H38N6O6. The lowest BCUT2D eigenvalue weighted by Gasteiger charge is -2.23. The molecule has 8 N–H and O–H groups in total. The number of nitrogens with two attached hydrogens (primary N) is 2. The maximum atomic E-state index is 13.5. The van der Waals surface area contributed by atoms with Crippen LogP contribution in [0.4, 0.5) is 4.79 Å². The van der Waals surface area contributed by atoms with Gasteiger partial charge in [0, 0.05) is 24.6 Å². The van der Waals surface area contributed by atoms with Gasteiger partial charge in [-0.2, -0.15) is 0 Å². The van der Waals surface area contributed by atoms with E-state index in [0.29, 0.717) is 12.0 Å². The largest absolute Gasteiger partial charge is 0.507 e. The molecule has 12 nitrogen and oxygen atoms in total. The van der Waals surface area contributed by atoms with Crippen LogP contribution in [0.1, 0.15) is 29.5 Å². The molecule has 0 saturated carbocycles. The number of phenols is 1. The molecule has 0 bridgehead atoms. The summed E-state index contributed by atoms with van der Waals surface area (Å²) < 4.78 is 5.32. The highest BCUT2D eigenvalue weighted by molar-refractivity contribution is 5.97. The van der Waals surface area contributed by atoms with Gasteiger partial charge in [-0.25, -0.2) is 4.79 Å². The Morgan fingerprint density at radius 1 is 0.844 bits per heavy atom. The molecule has 236 valence electrons. The molecule has 0 heterocycles. The summed E-state index contributed by atoms with van der Waals surface area (Å²) in [7, 11) is 0. The number of nitrogens with one attached hydrogen (secondary N) is 3. The molecule has 2 atom stereocenters. The molecule has 0 aliphatic heterocycles.